The van der Waals surface area contributed by atoms with Crippen molar-refractivity contribution in [3.8, 4) is 22.5 Å². The van der Waals surface area contributed by atoms with Gasteiger partial charge < -0.3 is 21.1 Å². The molecule has 2 heterocycles. The molecule has 0 fully saturated rings. The first-order valence-electron chi connectivity index (χ1n) is 12.0. The lowest BCUT2D eigenvalue weighted by molar-refractivity contribution is 0.0711. The predicted molar refractivity (Wildman–Crippen MR) is 137 cm³/mol. The van der Waals surface area contributed by atoms with Crippen molar-refractivity contribution in [3.05, 3.63) is 71.3 Å². The van der Waals surface area contributed by atoms with E-state index in [9.17, 15) is 9.90 Å². The highest BCUT2D eigenvalue weighted by Crippen LogP contribution is 2.27. The van der Waals surface area contributed by atoms with Crippen LogP contribution < -0.4 is 11.5 Å². The van der Waals surface area contributed by atoms with Crippen LogP contribution in [0.25, 0.3) is 22.5 Å². The van der Waals surface area contributed by atoms with Crippen LogP contribution in [-0.4, -0.2) is 47.3 Å². The van der Waals surface area contributed by atoms with Crippen LogP contribution in [0, 0.1) is 0 Å². The van der Waals surface area contributed by atoms with Crippen molar-refractivity contribution < 1.29 is 9.90 Å². The summed E-state index contributed by atoms with van der Waals surface area (Å²) in [6.07, 6.45) is 1.53. The molecule has 10 nitrogen and oxygen atoms in total. The molecule has 4 rings (SSSR count). The van der Waals surface area contributed by atoms with Crippen LogP contribution in [0.2, 0.25) is 0 Å². The minimum absolute atomic E-state index is 0.252. The number of tetrazole rings is 1. The van der Waals surface area contributed by atoms with Gasteiger partial charge in [-0.05, 0) is 47.4 Å². The van der Waals surface area contributed by atoms with E-state index < -0.39 is 11.5 Å². The number of benzene rings is 2. The van der Waals surface area contributed by atoms with Gasteiger partial charge in [0.25, 0.3) is 5.91 Å². The monoisotopic (exact) mass is 488 g/mol. The Morgan fingerprint density at radius 3 is 2.19 bits per heavy atom. The number of aryl methyl sites for hydroxylation is 1. The van der Waals surface area contributed by atoms with Crippen molar-refractivity contribution in [1.82, 2.24) is 29.8 Å². The molecule has 36 heavy (non-hydrogen) atoms. The molecule has 0 saturated heterocycles. The Morgan fingerprint density at radius 2 is 1.64 bits per heavy atom. The van der Waals surface area contributed by atoms with Crippen LogP contribution in [0.3, 0.4) is 0 Å². The number of nitrogens with zero attached hydrogens (tertiary/aromatic N) is 6. The third-order valence-corrected chi connectivity index (χ3v) is 5.98. The molecule has 0 aliphatic carbocycles. The first-order valence-corrected chi connectivity index (χ1v) is 12.0. The Labute approximate surface area is 210 Å². The summed E-state index contributed by atoms with van der Waals surface area (Å²) < 4.78 is 3.52. The number of hydrogen-bond donors (Lipinski definition) is 3. The SMILES string of the molecule is CCCc1nc(C(C)(C)O)c(C(N)=O)n1Cc1ccc(-c2ccc(-c3nnnn3CCN)cc2)cc1. The molecule has 0 radical (unpaired) electrons. The van der Waals surface area contributed by atoms with Gasteiger partial charge in [0.15, 0.2) is 5.82 Å². The molecule has 0 saturated carbocycles. The molecule has 2 aromatic heterocycles. The van der Waals surface area contributed by atoms with Gasteiger partial charge in [-0.1, -0.05) is 55.5 Å². The van der Waals surface area contributed by atoms with E-state index in [0.29, 0.717) is 37.6 Å². The van der Waals surface area contributed by atoms with Gasteiger partial charge in [-0.15, -0.1) is 5.10 Å². The van der Waals surface area contributed by atoms with E-state index in [0.717, 1.165) is 34.5 Å². The maximum Gasteiger partial charge on any atom is 0.267 e. The predicted octanol–water partition coefficient (Wildman–Crippen LogP) is 2.49. The molecule has 0 aliphatic heterocycles. The van der Waals surface area contributed by atoms with E-state index >= 15 is 0 Å². The number of nitrogens with two attached hydrogens (primary N) is 2. The van der Waals surface area contributed by atoms with Crippen molar-refractivity contribution >= 4 is 5.91 Å². The molecule has 10 heteroatoms. The van der Waals surface area contributed by atoms with Crippen LogP contribution >= 0.6 is 0 Å². The van der Waals surface area contributed by atoms with E-state index in [1.54, 1.807) is 18.5 Å². The van der Waals surface area contributed by atoms with Gasteiger partial charge in [0.2, 0.25) is 0 Å². The lowest BCUT2D eigenvalue weighted by atomic mass is 10.0. The molecule has 0 unspecified atom stereocenters. The average Bonchev–Trinajstić information content (AvgIpc) is 3.45. The van der Waals surface area contributed by atoms with Crippen molar-refractivity contribution in [1.29, 1.82) is 0 Å². The second kappa shape index (κ2) is 10.4. The summed E-state index contributed by atoms with van der Waals surface area (Å²) in [5, 5.41) is 22.4. The Balaban J connectivity index is 1.59. The molecule has 2 aromatic carbocycles. The second-order valence-corrected chi connectivity index (χ2v) is 9.27. The number of primary amides is 1. The molecule has 0 aliphatic rings. The van der Waals surface area contributed by atoms with Gasteiger partial charge >= 0.3 is 0 Å². The molecule has 0 atom stereocenters. The van der Waals surface area contributed by atoms with Gasteiger partial charge in [0.05, 0.1) is 6.54 Å². The summed E-state index contributed by atoms with van der Waals surface area (Å²) >= 11 is 0. The van der Waals surface area contributed by atoms with E-state index in [1.165, 1.54) is 0 Å². The van der Waals surface area contributed by atoms with E-state index in [2.05, 4.69) is 20.5 Å². The van der Waals surface area contributed by atoms with Crippen LogP contribution in [-0.2, 0) is 25.1 Å². The first-order chi connectivity index (χ1) is 17.2. The maximum absolute atomic E-state index is 12.3. The van der Waals surface area contributed by atoms with E-state index in [1.807, 2.05) is 60.0 Å². The molecular formula is C26H32N8O2. The number of carbonyl (C=O) groups is 1. The molecule has 1 amide bonds. The standard InChI is InChI=1S/C26H32N8O2/c1-4-5-21-29-23(26(2,3)36)22(24(28)35)33(21)16-17-6-8-18(9-7-17)19-10-12-20(13-11-19)25-30-31-32-34(25)15-14-27/h6-13,36H,4-5,14-16,27H2,1-3H3,(H2,28,35). The summed E-state index contributed by atoms with van der Waals surface area (Å²) in [5.41, 5.74) is 14.7. The number of aromatic nitrogens is 6. The average molecular weight is 489 g/mol. The van der Waals surface area contributed by atoms with Gasteiger partial charge in [0.1, 0.15) is 22.8 Å². The Bertz CT molecular complexity index is 1330. The summed E-state index contributed by atoms with van der Waals surface area (Å²) in [6, 6.07) is 16.2. The number of carbonyl (C=O) groups excluding carboxylic acids is 1. The number of aliphatic hydroxyl groups is 1. The van der Waals surface area contributed by atoms with Gasteiger partial charge in [0, 0.05) is 25.1 Å². The normalized spacial score (nSPS) is 11.7. The summed E-state index contributed by atoms with van der Waals surface area (Å²) in [6.45, 7) is 6.71. The van der Waals surface area contributed by atoms with Crippen LogP contribution in [0.1, 0.15) is 54.8 Å². The lowest BCUT2D eigenvalue weighted by Crippen LogP contribution is -2.25. The quantitative estimate of drug-likeness (QED) is 0.310. The maximum atomic E-state index is 12.3. The van der Waals surface area contributed by atoms with E-state index in [4.69, 9.17) is 11.5 Å². The zero-order valence-corrected chi connectivity index (χ0v) is 20.8. The zero-order chi connectivity index (χ0) is 25.9. The third kappa shape index (κ3) is 5.19. The minimum atomic E-state index is -1.28. The zero-order valence-electron chi connectivity index (χ0n) is 20.8. The number of imidazole rings is 1. The Morgan fingerprint density at radius 1 is 1.03 bits per heavy atom. The van der Waals surface area contributed by atoms with Crippen LogP contribution in [0.4, 0.5) is 0 Å². The number of amides is 1. The molecule has 0 bridgehead atoms. The minimum Gasteiger partial charge on any atom is -0.384 e. The highest BCUT2D eigenvalue weighted by atomic mass is 16.3. The summed E-state index contributed by atoms with van der Waals surface area (Å²) in [7, 11) is 0. The van der Waals surface area contributed by atoms with Gasteiger partial charge in [-0.3, -0.25) is 4.79 Å². The van der Waals surface area contributed by atoms with Crippen molar-refractivity contribution in [2.45, 2.75) is 52.3 Å². The number of rotatable bonds is 10. The first kappa shape index (κ1) is 25.2. The fourth-order valence-corrected chi connectivity index (χ4v) is 4.24. The number of hydrogen-bond acceptors (Lipinski definition) is 7. The molecule has 188 valence electrons. The van der Waals surface area contributed by atoms with Crippen molar-refractivity contribution in [2.24, 2.45) is 11.5 Å². The van der Waals surface area contributed by atoms with Gasteiger partial charge in [-0.25, -0.2) is 9.67 Å². The van der Waals surface area contributed by atoms with Crippen LogP contribution in [0.15, 0.2) is 48.5 Å². The Kier molecular flexibility index (Phi) is 7.27. The molecule has 5 N–H and O–H groups in total. The smallest absolute Gasteiger partial charge is 0.267 e. The Hall–Kier alpha value is -3.89. The van der Waals surface area contributed by atoms with Crippen molar-refractivity contribution in [3.63, 3.8) is 0 Å². The fraction of sp³-hybridized carbons (Fsp3) is 0.346. The van der Waals surface area contributed by atoms with Crippen LogP contribution in [0.5, 0.6) is 0 Å². The topological polar surface area (TPSA) is 151 Å². The largest absolute Gasteiger partial charge is 0.384 e. The summed E-state index contributed by atoms with van der Waals surface area (Å²) in [5.74, 6) is 0.817. The fourth-order valence-electron chi connectivity index (χ4n) is 4.24. The summed E-state index contributed by atoms with van der Waals surface area (Å²) in [4.78, 5) is 16.9. The molecule has 4 aromatic rings. The molecule has 0 spiro atoms. The highest BCUT2D eigenvalue weighted by molar-refractivity contribution is 5.92. The van der Waals surface area contributed by atoms with Gasteiger partial charge in [-0.2, -0.15) is 0 Å². The lowest BCUT2D eigenvalue weighted by Gasteiger charge is -2.16. The third-order valence-electron chi connectivity index (χ3n) is 5.98. The van der Waals surface area contributed by atoms with E-state index in [-0.39, 0.29) is 5.69 Å². The van der Waals surface area contributed by atoms with Crippen molar-refractivity contribution in [2.75, 3.05) is 6.54 Å². The highest BCUT2D eigenvalue weighted by Gasteiger charge is 2.30. The second-order valence-electron chi connectivity index (χ2n) is 9.27. The molecular weight excluding hydrogens is 456 g/mol.